The Morgan fingerprint density at radius 3 is 2.48 bits per heavy atom. The molecule has 162 valence electrons. The van der Waals surface area contributed by atoms with Crippen molar-refractivity contribution in [1.82, 2.24) is 5.16 Å². The first-order valence-corrected chi connectivity index (χ1v) is 10.2. The van der Waals surface area contributed by atoms with Gasteiger partial charge in [-0.2, -0.15) is 0 Å². The van der Waals surface area contributed by atoms with E-state index >= 15 is 0 Å². The first-order valence-electron chi connectivity index (χ1n) is 10.2. The van der Waals surface area contributed by atoms with E-state index < -0.39 is 5.82 Å². The summed E-state index contributed by atoms with van der Waals surface area (Å²) in [5, 5.41) is 6.90. The molecule has 4 rings (SSSR count). The normalized spacial score (nSPS) is 15.8. The predicted octanol–water partition coefficient (Wildman–Crippen LogP) is 5.48. The van der Waals surface area contributed by atoms with Gasteiger partial charge in [0.1, 0.15) is 23.1 Å². The number of amides is 1. The number of carbonyl (C=O) groups excluding carboxylic acids is 1. The maximum absolute atomic E-state index is 14.4. The number of aryl methyl sites for hydroxylation is 4. The van der Waals surface area contributed by atoms with Gasteiger partial charge in [-0.05, 0) is 75.1 Å². The lowest BCUT2D eigenvalue weighted by Gasteiger charge is -2.16. The van der Waals surface area contributed by atoms with Crippen molar-refractivity contribution in [3.8, 4) is 22.6 Å². The Morgan fingerprint density at radius 2 is 1.87 bits per heavy atom. The van der Waals surface area contributed by atoms with E-state index in [0.717, 1.165) is 23.1 Å². The average molecular weight is 424 g/mol. The number of hydrogen-bond acceptors (Lipinski definition) is 5. The van der Waals surface area contributed by atoms with Gasteiger partial charge in [-0.3, -0.25) is 4.79 Å². The fraction of sp³-hybridized carbons (Fsp3) is 0.333. The van der Waals surface area contributed by atoms with E-state index in [4.69, 9.17) is 14.0 Å². The van der Waals surface area contributed by atoms with E-state index in [1.807, 2.05) is 32.9 Å². The molecule has 2 heterocycles. The summed E-state index contributed by atoms with van der Waals surface area (Å²) < 4.78 is 30.9. The summed E-state index contributed by atoms with van der Waals surface area (Å²) in [5.41, 5.74) is 4.46. The summed E-state index contributed by atoms with van der Waals surface area (Å²) in [6.07, 6.45) is 0.734. The summed E-state index contributed by atoms with van der Waals surface area (Å²) in [7, 11) is 0. The first kappa shape index (κ1) is 21.1. The van der Waals surface area contributed by atoms with Gasteiger partial charge in [0.15, 0.2) is 0 Å². The van der Waals surface area contributed by atoms with Crippen LogP contribution in [0.5, 0.6) is 11.5 Å². The van der Waals surface area contributed by atoms with Crippen molar-refractivity contribution >= 4 is 11.6 Å². The van der Waals surface area contributed by atoms with Crippen LogP contribution in [0.25, 0.3) is 11.1 Å². The Labute approximate surface area is 180 Å². The van der Waals surface area contributed by atoms with Crippen LogP contribution in [0, 0.1) is 39.4 Å². The number of nitrogens with zero attached hydrogens (tertiary/aromatic N) is 1. The van der Waals surface area contributed by atoms with Crippen LogP contribution in [-0.4, -0.2) is 24.3 Å². The Kier molecular flexibility index (Phi) is 5.78. The van der Waals surface area contributed by atoms with Crippen molar-refractivity contribution in [1.29, 1.82) is 0 Å². The second-order valence-corrected chi connectivity index (χ2v) is 7.97. The molecule has 1 saturated heterocycles. The molecule has 3 aromatic rings. The van der Waals surface area contributed by atoms with Gasteiger partial charge in [-0.15, -0.1) is 0 Å². The lowest BCUT2D eigenvalue weighted by Crippen LogP contribution is -2.22. The van der Waals surface area contributed by atoms with Crippen LogP contribution in [-0.2, 0) is 9.53 Å². The molecule has 1 aliphatic rings. The molecule has 1 aliphatic heterocycles. The highest BCUT2D eigenvalue weighted by atomic mass is 19.1. The van der Waals surface area contributed by atoms with Crippen molar-refractivity contribution in [2.75, 3.05) is 18.5 Å². The highest BCUT2D eigenvalue weighted by Crippen LogP contribution is 2.35. The van der Waals surface area contributed by atoms with E-state index in [0.29, 0.717) is 47.4 Å². The molecule has 0 radical (unpaired) electrons. The topological polar surface area (TPSA) is 73.6 Å². The minimum atomic E-state index is -0.412. The quantitative estimate of drug-likeness (QED) is 0.587. The zero-order valence-electron chi connectivity index (χ0n) is 18.0. The van der Waals surface area contributed by atoms with Gasteiger partial charge in [0.05, 0.1) is 18.2 Å². The summed E-state index contributed by atoms with van der Waals surface area (Å²) in [4.78, 5) is 12.4. The molecule has 1 aromatic heterocycles. The molecule has 1 atom stereocenters. The fourth-order valence-corrected chi connectivity index (χ4v) is 3.95. The van der Waals surface area contributed by atoms with Gasteiger partial charge in [0.25, 0.3) is 0 Å². The Morgan fingerprint density at radius 1 is 1.13 bits per heavy atom. The molecule has 1 fully saturated rings. The van der Waals surface area contributed by atoms with Gasteiger partial charge < -0.3 is 19.3 Å². The zero-order valence-corrected chi connectivity index (χ0v) is 18.0. The van der Waals surface area contributed by atoms with E-state index in [1.54, 1.807) is 13.0 Å². The molecule has 7 heteroatoms. The monoisotopic (exact) mass is 424 g/mol. The molecule has 1 amide bonds. The molecule has 1 unspecified atom stereocenters. The lowest BCUT2D eigenvalue weighted by atomic mass is 10.0. The van der Waals surface area contributed by atoms with Crippen LogP contribution in [0.15, 0.2) is 34.9 Å². The number of aromatic nitrogens is 1. The van der Waals surface area contributed by atoms with Crippen molar-refractivity contribution in [3.63, 3.8) is 0 Å². The van der Waals surface area contributed by atoms with Gasteiger partial charge in [0.2, 0.25) is 5.91 Å². The molecule has 0 saturated carbocycles. The van der Waals surface area contributed by atoms with Crippen molar-refractivity contribution in [2.24, 2.45) is 5.92 Å². The Hall–Kier alpha value is -3.19. The number of halogens is 1. The molecule has 1 N–H and O–H groups in total. The van der Waals surface area contributed by atoms with Crippen LogP contribution < -0.4 is 10.1 Å². The zero-order chi connectivity index (χ0) is 22.1. The van der Waals surface area contributed by atoms with Crippen molar-refractivity contribution in [2.45, 2.75) is 34.1 Å². The molecule has 0 bridgehead atoms. The van der Waals surface area contributed by atoms with Crippen LogP contribution in [0.1, 0.15) is 29.0 Å². The SMILES string of the molecule is Cc1cc(NC(=O)C2CCOC2)cc(C)c1Oc1cc(F)cc(-c2c(C)noc2C)c1. The van der Waals surface area contributed by atoms with Crippen molar-refractivity contribution in [3.05, 3.63) is 58.7 Å². The summed E-state index contributed by atoms with van der Waals surface area (Å²) in [6, 6.07) is 8.25. The summed E-state index contributed by atoms with van der Waals surface area (Å²) in [5.74, 6) is 1.05. The molecule has 0 aliphatic carbocycles. The van der Waals surface area contributed by atoms with Crippen LogP contribution >= 0.6 is 0 Å². The van der Waals surface area contributed by atoms with Crippen LogP contribution in [0.2, 0.25) is 0 Å². The number of nitrogens with one attached hydrogen (secondary N) is 1. The summed E-state index contributed by atoms with van der Waals surface area (Å²) >= 11 is 0. The minimum Gasteiger partial charge on any atom is -0.457 e. The molecular formula is C24H25FN2O4. The van der Waals surface area contributed by atoms with E-state index in [9.17, 15) is 9.18 Å². The fourth-order valence-electron chi connectivity index (χ4n) is 3.95. The maximum atomic E-state index is 14.4. The number of ether oxygens (including phenoxy) is 2. The maximum Gasteiger partial charge on any atom is 0.229 e. The lowest BCUT2D eigenvalue weighted by molar-refractivity contribution is -0.119. The molecule has 31 heavy (non-hydrogen) atoms. The molecular weight excluding hydrogens is 399 g/mol. The third-order valence-corrected chi connectivity index (χ3v) is 5.44. The number of rotatable bonds is 5. The largest absolute Gasteiger partial charge is 0.457 e. The standard InChI is InChI=1S/C24H25FN2O4/c1-13-7-20(26-24(28)17-5-6-29-12-17)8-14(2)23(13)30-21-10-18(9-19(25)11-21)22-15(3)27-31-16(22)4/h7-11,17H,5-6,12H2,1-4H3,(H,26,28). The number of anilines is 1. The number of carbonyl (C=O) groups is 1. The smallest absolute Gasteiger partial charge is 0.229 e. The number of benzene rings is 2. The highest BCUT2D eigenvalue weighted by molar-refractivity contribution is 5.93. The average Bonchev–Trinajstić information content (AvgIpc) is 3.34. The number of hydrogen-bond donors (Lipinski definition) is 1. The molecule has 6 nitrogen and oxygen atoms in total. The van der Waals surface area contributed by atoms with E-state index in [-0.39, 0.29) is 11.8 Å². The second-order valence-electron chi connectivity index (χ2n) is 7.97. The van der Waals surface area contributed by atoms with E-state index in [1.165, 1.54) is 12.1 Å². The molecule has 0 spiro atoms. The summed E-state index contributed by atoms with van der Waals surface area (Å²) in [6.45, 7) is 8.47. The highest BCUT2D eigenvalue weighted by Gasteiger charge is 2.24. The third-order valence-electron chi connectivity index (χ3n) is 5.44. The van der Waals surface area contributed by atoms with Crippen molar-refractivity contribution < 1.29 is 23.2 Å². The van der Waals surface area contributed by atoms with Gasteiger partial charge in [0, 0.05) is 23.9 Å². The van der Waals surface area contributed by atoms with Gasteiger partial charge in [-0.25, -0.2) is 4.39 Å². The van der Waals surface area contributed by atoms with Crippen LogP contribution in [0.4, 0.5) is 10.1 Å². The third kappa shape index (κ3) is 4.46. The second kappa shape index (κ2) is 8.51. The first-order chi connectivity index (χ1) is 14.8. The van der Waals surface area contributed by atoms with Gasteiger partial charge >= 0.3 is 0 Å². The predicted molar refractivity (Wildman–Crippen MR) is 115 cm³/mol. The van der Waals surface area contributed by atoms with Gasteiger partial charge in [-0.1, -0.05) is 5.16 Å². The van der Waals surface area contributed by atoms with E-state index in [2.05, 4.69) is 10.5 Å². The van der Waals surface area contributed by atoms with Crippen LogP contribution in [0.3, 0.4) is 0 Å². The Balaban J connectivity index is 1.59. The Bertz CT molecular complexity index is 1090. The molecule has 2 aromatic carbocycles. The minimum absolute atomic E-state index is 0.0424.